The Morgan fingerprint density at radius 2 is 1.54 bits per heavy atom. The lowest BCUT2D eigenvalue weighted by Gasteiger charge is -2.26. The van der Waals surface area contributed by atoms with E-state index >= 15 is 0 Å². The van der Waals surface area contributed by atoms with Gasteiger partial charge in [0.1, 0.15) is 11.2 Å². The van der Waals surface area contributed by atoms with Gasteiger partial charge in [0.25, 0.3) is 0 Å². The molecule has 3 rings (SSSR count). The number of Topliss-reactive ketones (excluding diaryl/α,β-unsaturated/α-hetero) is 1. The van der Waals surface area contributed by atoms with Crippen molar-refractivity contribution in [3.05, 3.63) is 53.1 Å². The molecule has 1 aliphatic rings. The van der Waals surface area contributed by atoms with Crippen molar-refractivity contribution in [3.8, 4) is 0 Å². The van der Waals surface area contributed by atoms with Gasteiger partial charge in [-0.25, -0.2) is 4.79 Å². The largest absolute Gasteiger partial charge is 0.459 e. The molecule has 1 aliphatic carbocycles. The van der Waals surface area contributed by atoms with E-state index in [1.807, 2.05) is 68.1 Å². The van der Waals surface area contributed by atoms with Crippen molar-refractivity contribution < 1.29 is 23.9 Å². The molecule has 200 valence electrons. The number of esters is 1. The standard InChI is InChI=1S/C29H39N3O5/c1-28(2,3)36-24(33)19-32(16-14-31-27(35)37-29(4,5)6)15-13-30-18-22-17-21-11-7-9-20-10-8-12-23(25(20)21)26(22)34/h7-12,17,30H,13-16,18-19H2,1-6H3,(H,31,35). The number of ether oxygens (including phenoxy) is 2. The second-order valence-electron chi connectivity index (χ2n) is 11.2. The van der Waals surface area contributed by atoms with Crippen LogP contribution in [0.5, 0.6) is 0 Å². The Hall–Kier alpha value is -3.23. The summed E-state index contributed by atoms with van der Waals surface area (Å²) in [5.41, 5.74) is 1.32. The van der Waals surface area contributed by atoms with Crippen LogP contribution in [0.4, 0.5) is 4.79 Å². The fourth-order valence-corrected chi connectivity index (χ4v) is 4.15. The molecule has 8 heteroatoms. The lowest BCUT2D eigenvalue weighted by Crippen LogP contribution is -2.43. The van der Waals surface area contributed by atoms with Gasteiger partial charge in [-0.1, -0.05) is 36.4 Å². The van der Waals surface area contributed by atoms with Gasteiger partial charge in [0, 0.05) is 49.2 Å². The number of benzene rings is 2. The third-order valence-corrected chi connectivity index (χ3v) is 5.59. The van der Waals surface area contributed by atoms with E-state index in [9.17, 15) is 14.4 Å². The number of nitrogens with zero attached hydrogens (tertiary/aromatic N) is 1. The van der Waals surface area contributed by atoms with E-state index in [2.05, 4.69) is 10.6 Å². The van der Waals surface area contributed by atoms with E-state index < -0.39 is 17.3 Å². The molecule has 37 heavy (non-hydrogen) atoms. The zero-order valence-electron chi connectivity index (χ0n) is 22.8. The minimum absolute atomic E-state index is 0.0315. The summed E-state index contributed by atoms with van der Waals surface area (Å²) in [6, 6.07) is 11.8. The highest BCUT2D eigenvalue weighted by Crippen LogP contribution is 2.30. The maximum Gasteiger partial charge on any atom is 0.407 e. The molecule has 0 spiro atoms. The normalized spacial score (nSPS) is 13.5. The van der Waals surface area contributed by atoms with Crippen LogP contribution in [0.1, 0.15) is 57.5 Å². The van der Waals surface area contributed by atoms with Gasteiger partial charge < -0.3 is 20.1 Å². The molecule has 0 atom stereocenters. The maximum atomic E-state index is 13.1. The summed E-state index contributed by atoms with van der Waals surface area (Å²) in [5.74, 6) is -0.302. The van der Waals surface area contributed by atoms with E-state index in [0.29, 0.717) is 38.3 Å². The zero-order chi connectivity index (χ0) is 27.2. The summed E-state index contributed by atoms with van der Waals surface area (Å²) in [6.45, 7) is 13.2. The molecule has 0 aliphatic heterocycles. The highest BCUT2D eigenvalue weighted by molar-refractivity contribution is 6.22. The molecular formula is C29H39N3O5. The Bertz CT molecular complexity index is 1170. The number of hydrogen-bond donors (Lipinski definition) is 2. The van der Waals surface area contributed by atoms with Crippen LogP contribution >= 0.6 is 0 Å². The van der Waals surface area contributed by atoms with Crippen molar-refractivity contribution in [2.45, 2.75) is 52.7 Å². The Morgan fingerprint density at radius 1 is 0.892 bits per heavy atom. The van der Waals surface area contributed by atoms with Gasteiger partial charge in [0.15, 0.2) is 5.78 Å². The van der Waals surface area contributed by atoms with E-state index in [1.54, 1.807) is 20.8 Å². The van der Waals surface area contributed by atoms with Gasteiger partial charge in [0.2, 0.25) is 0 Å². The number of ketones is 1. The van der Waals surface area contributed by atoms with E-state index in [0.717, 1.165) is 21.9 Å². The number of nitrogens with one attached hydrogen (secondary N) is 2. The first-order valence-electron chi connectivity index (χ1n) is 12.7. The molecule has 1 amide bonds. The molecule has 0 fully saturated rings. The SMILES string of the molecule is CC(C)(C)OC(=O)CN(CCNCC1=Cc2cccc3cccc(c23)C1=O)CCNC(=O)OC(C)(C)C. The van der Waals surface area contributed by atoms with Gasteiger partial charge in [-0.3, -0.25) is 14.5 Å². The zero-order valence-corrected chi connectivity index (χ0v) is 22.8. The fraction of sp³-hybridized carbons (Fsp3) is 0.483. The summed E-state index contributed by atoms with van der Waals surface area (Å²) >= 11 is 0. The van der Waals surface area contributed by atoms with Crippen LogP contribution in [0, 0.1) is 0 Å². The van der Waals surface area contributed by atoms with E-state index in [1.165, 1.54) is 0 Å². The Morgan fingerprint density at radius 3 is 2.22 bits per heavy atom. The van der Waals surface area contributed by atoms with Crippen molar-refractivity contribution in [2.75, 3.05) is 39.3 Å². The molecule has 0 heterocycles. The summed E-state index contributed by atoms with van der Waals surface area (Å²) in [7, 11) is 0. The maximum absolute atomic E-state index is 13.1. The van der Waals surface area contributed by atoms with Gasteiger partial charge >= 0.3 is 12.1 Å². The van der Waals surface area contributed by atoms with Crippen molar-refractivity contribution >= 4 is 34.7 Å². The summed E-state index contributed by atoms with van der Waals surface area (Å²) in [5, 5.41) is 8.12. The number of alkyl carbamates (subject to hydrolysis) is 1. The quantitative estimate of drug-likeness (QED) is 0.366. The van der Waals surface area contributed by atoms with Crippen LogP contribution < -0.4 is 10.6 Å². The summed E-state index contributed by atoms with van der Waals surface area (Å²) in [4.78, 5) is 39.4. The third kappa shape index (κ3) is 8.68. The number of hydrogen-bond acceptors (Lipinski definition) is 7. The topological polar surface area (TPSA) is 97.0 Å². The highest BCUT2D eigenvalue weighted by Gasteiger charge is 2.22. The first-order chi connectivity index (χ1) is 17.3. The van der Waals surface area contributed by atoms with Gasteiger partial charge in [0.05, 0.1) is 6.54 Å². The van der Waals surface area contributed by atoms with Crippen molar-refractivity contribution in [2.24, 2.45) is 0 Å². The molecule has 0 saturated heterocycles. The molecule has 2 aromatic rings. The average Bonchev–Trinajstić information content (AvgIpc) is 2.77. The molecule has 8 nitrogen and oxygen atoms in total. The smallest absolute Gasteiger partial charge is 0.407 e. The van der Waals surface area contributed by atoms with E-state index in [-0.39, 0.29) is 18.3 Å². The molecular weight excluding hydrogens is 470 g/mol. The van der Waals surface area contributed by atoms with Crippen LogP contribution in [0.2, 0.25) is 0 Å². The second kappa shape index (κ2) is 11.9. The van der Waals surface area contributed by atoms with Gasteiger partial charge in [-0.2, -0.15) is 0 Å². The minimum atomic E-state index is -0.582. The monoisotopic (exact) mass is 509 g/mol. The third-order valence-electron chi connectivity index (χ3n) is 5.59. The molecule has 2 N–H and O–H groups in total. The first kappa shape index (κ1) is 28.3. The van der Waals surface area contributed by atoms with Crippen LogP contribution in [0.3, 0.4) is 0 Å². The van der Waals surface area contributed by atoms with Crippen LogP contribution in [0.25, 0.3) is 16.8 Å². The molecule has 0 bridgehead atoms. The minimum Gasteiger partial charge on any atom is -0.459 e. The molecule has 0 saturated carbocycles. The number of amides is 1. The van der Waals surface area contributed by atoms with E-state index in [4.69, 9.17) is 9.47 Å². The fourth-order valence-electron chi connectivity index (χ4n) is 4.15. The average molecular weight is 510 g/mol. The van der Waals surface area contributed by atoms with Crippen LogP contribution in [-0.4, -0.2) is 73.2 Å². The molecule has 0 radical (unpaired) electrons. The van der Waals surface area contributed by atoms with Crippen molar-refractivity contribution in [1.82, 2.24) is 15.5 Å². The number of carbonyl (C=O) groups excluding carboxylic acids is 3. The van der Waals surface area contributed by atoms with Gasteiger partial charge in [-0.15, -0.1) is 0 Å². The van der Waals surface area contributed by atoms with Crippen molar-refractivity contribution in [1.29, 1.82) is 0 Å². The Labute approximate surface area is 219 Å². The molecule has 2 aromatic carbocycles. The lowest BCUT2D eigenvalue weighted by molar-refractivity contribution is -0.156. The summed E-state index contributed by atoms with van der Waals surface area (Å²) < 4.78 is 10.7. The van der Waals surface area contributed by atoms with Gasteiger partial charge in [-0.05, 0) is 58.6 Å². The first-order valence-corrected chi connectivity index (χ1v) is 12.7. The predicted octanol–water partition coefficient (Wildman–Crippen LogP) is 4.18. The van der Waals surface area contributed by atoms with Crippen LogP contribution in [-0.2, 0) is 14.3 Å². The predicted molar refractivity (Wildman–Crippen MR) is 146 cm³/mol. The summed E-state index contributed by atoms with van der Waals surface area (Å²) in [6.07, 6.45) is 1.45. The number of rotatable bonds is 10. The lowest BCUT2D eigenvalue weighted by atomic mass is 9.88. The van der Waals surface area contributed by atoms with Crippen molar-refractivity contribution in [3.63, 3.8) is 0 Å². The number of carbonyl (C=O) groups is 3. The molecule has 0 aromatic heterocycles. The molecule has 0 unspecified atom stereocenters. The highest BCUT2D eigenvalue weighted by atomic mass is 16.6. The Kier molecular flexibility index (Phi) is 9.10. The second-order valence-corrected chi connectivity index (χ2v) is 11.2. The van der Waals surface area contributed by atoms with Crippen LogP contribution in [0.15, 0.2) is 42.0 Å². The Balaban J connectivity index is 1.56.